The van der Waals surface area contributed by atoms with Crippen LogP contribution in [-0.4, -0.2) is 33.1 Å². The summed E-state index contributed by atoms with van der Waals surface area (Å²) in [7, 11) is 0. The molecule has 0 saturated heterocycles. The number of aromatic nitrogens is 3. The van der Waals surface area contributed by atoms with Gasteiger partial charge >= 0.3 is 0 Å². The number of rotatable bonds is 8. The van der Waals surface area contributed by atoms with Crippen LogP contribution in [0.4, 0.5) is 0 Å². The van der Waals surface area contributed by atoms with E-state index in [2.05, 4.69) is 20.4 Å². The molecule has 0 unspecified atom stereocenters. The van der Waals surface area contributed by atoms with Crippen molar-refractivity contribution in [3.8, 4) is 11.5 Å². The summed E-state index contributed by atoms with van der Waals surface area (Å²) in [5.41, 5.74) is 6.11. The summed E-state index contributed by atoms with van der Waals surface area (Å²) in [4.78, 5) is 20.5. The number of hydrogen-bond donors (Lipinski definition) is 2. The highest BCUT2D eigenvalue weighted by atomic mass is 35.5. The Labute approximate surface area is 160 Å². The Hall–Kier alpha value is -1.70. The van der Waals surface area contributed by atoms with Crippen LogP contribution in [0.15, 0.2) is 28.9 Å². The van der Waals surface area contributed by atoms with Crippen molar-refractivity contribution in [1.82, 2.24) is 20.4 Å². The average molecular weight is 390 g/mol. The van der Waals surface area contributed by atoms with Gasteiger partial charge in [-0.2, -0.15) is 4.98 Å². The lowest BCUT2D eigenvalue weighted by molar-refractivity contribution is -0.123. The number of aryl methyl sites for hydroxylation is 1. The first-order valence-corrected chi connectivity index (χ1v) is 7.87. The topological polar surface area (TPSA) is 107 Å². The van der Waals surface area contributed by atoms with E-state index in [-0.39, 0.29) is 42.7 Å². The molecule has 0 aliphatic rings. The summed E-state index contributed by atoms with van der Waals surface area (Å²) in [6.45, 7) is 4.47. The SMILES string of the molecule is CCC(CC)(CN)NC(=O)CCc1nc(-c2ccccn2)no1.Cl.Cl. The van der Waals surface area contributed by atoms with E-state index in [0.29, 0.717) is 30.4 Å². The van der Waals surface area contributed by atoms with E-state index >= 15 is 0 Å². The van der Waals surface area contributed by atoms with Gasteiger partial charge in [-0.1, -0.05) is 25.1 Å². The lowest BCUT2D eigenvalue weighted by Crippen LogP contribution is -2.52. The quantitative estimate of drug-likeness (QED) is 0.717. The molecule has 25 heavy (non-hydrogen) atoms. The number of carbonyl (C=O) groups is 1. The highest BCUT2D eigenvalue weighted by Gasteiger charge is 2.26. The third kappa shape index (κ3) is 6.26. The number of carbonyl (C=O) groups excluding carboxylic acids is 1. The number of nitrogens with one attached hydrogen (secondary N) is 1. The van der Waals surface area contributed by atoms with Crippen LogP contribution >= 0.6 is 24.8 Å². The van der Waals surface area contributed by atoms with Gasteiger partial charge in [-0.3, -0.25) is 9.78 Å². The summed E-state index contributed by atoms with van der Waals surface area (Å²) >= 11 is 0. The van der Waals surface area contributed by atoms with Gasteiger partial charge in [0.05, 0.1) is 5.54 Å². The zero-order valence-electron chi connectivity index (χ0n) is 14.4. The van der Waals surface area contributed by atoms with Crippen LogP contribution in [0.5, 0.6) is 0 Å². The predicted octanol–water partition coefficient (Wildman–Crippen LogP) is 2.54. The maximum Gasteiger partial charge on any atom is 0.227 e. The highest BCUT2D eigenvalue weighted by Crippen LogP contribution is 2.15. The Balaban J connectivity index is 0.00000288. The maximum absolute atomic E-state index is 12.1. The van der Waals surface area contributed by atoms with Crippen LogP contribution in [0.1, 0.15) is 39.0 Å². The fourth-order valence-corrected chi connectivity index (χ4v) is 2.30. The molecular weight excluding hydrogens is 365 g/mol. The second-order valence-electron chi connectivity index (χ2n) is 5.47. The van der Waals surface area contributed by atoms with E-state index in [1.807, 2.05) is 26.0 Å². The van der Waals surface area contributed by atoms with Crippen LogP contribution in [-0.2, 0) is 11.2 Å². The van der Waals surface area contributed by atoms with Crippen molar-refractivity contribution in [2.45, 2.75) is 45.1 Å². The largest absolute Gasteiger partial charge is 0.349 e. The van der Waals surface area contributed by atoms with E-state index in [9.17, 15) is 4.79 Å². The number of hydrogen-bond acceptors (Lipinski definition) is 6. The minimum atomic E-state index is -0.328. The molecule has 0 aromatic carbocycles. The van der Waals surface area contributed by atoms with Crippen LogP contribution in [0, 0.1) is 0 Å². The molecule has 2 aromatic rings. The van der Waals surface area contributed by atoms with Gasteiger partial charge in [-0.25, -0.2) is 0 Å². The summed E-state index contributed by atoms with van der Waals surface area (Å²) in [5, 5.41) is 6.91. The molecule has 1 amide bonds. The van der Waals surface area contributed by atoms with Gasteiger partial charge in [0.1, 0.15) is 5.69 Å². The van der Waals surface area contributed by atoms with E-state index in [1.54, 1.807) is 12.3 Å². The zero-order valence-corrected chi connectivity index (χ0v) is 16.0. The fraction of sp³-hybridized carbons (Fsp3) is 0.500. The zero-order chi connectivity index (χ0) is 16.7. The smallest absolute Gasteiger partial charge is 0.227 e. The van der Waals surface area contributed by atoms with Gasteiger partial charge in [0.15, 0.2) is 0 Å². The second-order valence-corrected chi connectivity index (χ2v) is 5.47. The molecular formula is C16H25Cl2N5O2. The van der Waals surface area contributed by atoms with Gasteiger partial charge < -0.3 is 15.6 Å². The van der Waals surface area contributed by atoms with Crippen molar-refractivity contribution in [3.63, 3.8) is 0 Å². The number of pyridine rings is 1. The van der Waals surface area contributed by atoms with Crippen LogP contribution in [0.25, 0.3) is 11.5 Å². The molecule has 140 valence electrons. The molecule has 0 bridgehead atoms. The summed E-state index contributed by atoms with van der Waals surface area (Å²) in [5.74, 6) is 0.795. The van der Waals surface area contributed by atoms with Crippen LogP contribution in [0.2, 0.25) is 0 Å². The van der Waals surface area contributed by atoms with Crippen molar-refractivity contribution in [3.05, 3.63) is 30.3 Å². The molecule has 7 nitrogen and oxygen atoms in total. The Morgan fingerprint density at radius 2 is 2.00 bits per heavy atom. The van der Waals surface area contributed by atoms with Crippen molar-refractivity contribution in [2.75, 3.05) is 6.54 Å². The summed E-state index contributed by atoms with van der Waals surface area (Å²) in [6, 6.07) is 5.48. The first-order chi connectivity index (χ1) is 11.1. The highest BCUT2D eigenvalue weighted by molar-refractivity contribution is 5.85. The van der Waals surface area contributed by atoms with E-state index < -0.39 is 0 Å². The molecule has 2 heterocycles. The standard InChI is InChI=1S/C16H23N5O2.2ClH/c1-3-16(4-2,11-17)20-13(22)8-9-14-19-15(21-23-14)12-7-5-6-10-18-12;;/h5-7,10H,3-4,8-9,11,17H2,1-2H3,(H,20,22);2*1H. The number of amides is 1. The average Bonchev–Trinajstić information content (AvgIpc) is 3.08. The van der Waals surface area contributed by atoms with Gasteiger partial charge in [-0.15, -0.1) is 24.8 Å². The summed E-state index contributed by atoms with van der Waals surface area (Å²) in [6.07, 6.45) is 3.94. The first kappa shape index (κ1) is 23.3. The van der Waals surface area contributed by atoms with Gasteiger partial charge in [0.25, 0.3) is 0 Å². The molecule has 0 radical (unpaired) electrons. The van der Waals surface area contributed by atoms with Crippen molar-refractivity contribution < 1.29 is 9.32 Å². The molecule has 0 saturated carbocycles. The minimum Gasteiger partial charge on any atom is -0.349 e. The monoisotopic (exact) mass is 389 g/mol. The molecule has 0 spiro atoms. The minimum absolute atomic E-state index is 0. The maximum atomic E-state index is 12.1. The molecule has 3 N–H and O–H groups in total. The van der Waals surface area contributed by atoms with Crippen LogP contribution < -0.4 is 11.1 Å². The lowest BCUT2D eigenvalue weighted by Gasteiger charge is -2.31. The second kappa shape index (κ2) is 11.0. The third-order valence-corrected chi connectivity index (χ3v) is 4.08. The van der Waals surface area contributed by atoms with Crippen molar-refractivity contribution in [1.29, 1.82) is 0 Å². The molecule has 0 fully saturated rings. The molecule has 2 rings (SSSR count). The summed E-state index contributed by atoms with van der Waals surface area (Å²) < 4.78 is 5.17. The van der Waals surface area contributed by atoms with Crippen molar-refractivity contribution >= 4 is 30.7 Å². The van der Waals surface area contributed by atoms with Gasteiger partial charge in [-0.05, 0) is 25.0 Å². The molecule has 0 aliphatic carbocycles. The number of nitrogens with two attached hydrogens (primary N) is 1. The van der Waals surface area contributed by atoms with E-state index in [1.165, 1.54) is 0 Å². The normalized spacial score (nSPS) is 10.5. The molecule has 0 aliphatic heterocycles. The van der Waals surface area contributed by atoms with Gasteiger partial charge in [0, 0.05) is 25.6 Å². The molecule has 2 aromatic heterocycles. The number of nitrogens with zero attached hydrogens (tertiary/aromatic N) is 3. The first-order valence-electron chi connectivity index (χ1n) is 7.87. The van der Waals surface area contributed by atoms with Crippen molar-refractivity contribution in [2.24, 2.45) is 5.73 Å². The Kier molecular flexibility index (Phi) is 10.3. The molecule has 9 heteroatoms. The number of halogens is 2. The van der Waals surface area contributed by atoms with E-state index in [4.69, 9.17) is 10.3 Å². The fourth-order valence-electron chi connectivity index (χ4n) is 2.30. The molecule has 0 atom stereocenters. The van der Waals surface area contributed by atoms with Gasteiger partial charge in [0.2, 0.25) is 17.6 Å². The Bertz CT molecular complexity index is 624. The Morgan fingerprint density at radius 3 is 2.56 bits per heavy atom. The van der Waals surface area contributed by atoms with Crippen LogP contribution in [0.3, 0.4) is 0 Å². The third-order valence-electron chi connectivity index (χ3n) is 4.08. The lowest BCUT2D eigenvalue weighted by atomic mass is 9.92. The van der Waals surface area contributed by atoms with E-state index in [0.717, 1.165) is 12.8 Å². The predicted molar refractivity (Wildman–Crippen MR) is 101 cm³/mol. The Morgan fingerprint density at radius 1 is 1.28 bits per heavy atom.